The number of ether oxygens (including phenoxy) is 2. The van der Waals surface area contributed by atoms with E-state index in [0.29, 0.717) is 12.8 Å². The number of esters is 2. The molecule has 172 valence electrons. The van der Waals surface area contributed by atoms with Gasteiger partial charge in [-0.15, -0.1) is 0 Å². The predicted octanol–water partition coefficient (Wildman–Crippen LogP) is 6.38. The van der Waals surface area contributed by atoms with E-state index in [1.807, 2.05) is 81.4 Å². The van der Waals surface area contributed by atoms with E-state index in [1.54, 1.807) is 0 Å². The fourth-order valence-corrected chi connectivity index (χ4v) is 3.58. The highest BCUT2D eigenvalue weighted by atomic mass is 16.6. The van der Waals surface area contributed by atoms with Crippen LogP contribution in [-0.2, 0) is 32.1 Å². The molecule has 0 aliphatic carbocycles. The summed E-state index contributed by atoms with van der Waals surface area (Å²) in [6.07, 6.45) is 1.05. The summed E-state index contributed by atoms with van der Waals surface area (Å²) in [6, 6.07) is 27.9. The summed E-state index contributed by atoms with van der Waals surface area (Å²) >= 11 is 0. The van der Waals surface area contributed by atoms with Crippen LogP contribution < -0.4 is 0 Å². The average molecular weight is 445 g/mol. The molecule has 0 radical (unpaired) electrons. The van der Waals surface area contributed by atoms with Crippen molar-refractivity contribution in [3.63, 3.8) is 0 Å². The molecule has 3 aromatic carbocycles. The standard InChI is InChI=1S/C29H32O4/c1-29(2,3)33-27(30)19-18-26(28(31)32-21-23-10-6-4-7-11-23)20-22-14-16-25(17-15-22)24-12-8-5-9-13-24/h4-17,26H,18-21H2,1-3H3. The second kappa shape index (κ2) is 11.5. The minimum Gasteiger partial charge on any atom is -0.461 e. The van der Waals surface area contributed by atoms with Crippen LogP contribution in [0.2, 0.25) is 0 Å². The van der Waals surface area contributed by atoms with Crippen LogP contribution in [0.3, 0.4) is 0 Å². The lowest BCUT2D eigenvalue weighted by molar-refractivity contribution is -0.156. The molecule has 4 nitrogen and oxygen atoms in total. The molecule has 0 aliphatic heterocycles. The summed E-state index contributed by atoms with van der Waals surface area (Å²) in [7, 11) is 0. The summed E-state index contributed by atoms with van der Waals surface area (Å²) in [4.78, 5) is 25.2. The van der Waals surface area contributed by atoms with Gasteiger partial charge in [-0.2, -0.15) is 0 Å². The molecule has 0 heterocycles. The Morgan fingerprint density at radius 2 is 1.33 bits per heavy atom. The van der Waals surface area contributed by atoms with E-state index in [2.05, 4.69) is 24.3 Å². The maximum atomic E-state index is 12.9. The zero-order valence-corrected chi connectivity index (χ0v) is 19.6. The van der Waals surface area contributed by atoms with Crippen LogP contribution in [-0.4, -0.2) is 17.5 Å². The molecule has 0 aromatic heterocycles. The van der Waals surface area contributed by atoms with Gasteiger partial charge in [-0.1, -0.05) is 84.9 Å². The Hall–Kier alpha value is -3.40. The van der Waals surface area contributed by atoms with Crippen molar-refractivity contribution in [1.29, 1.82) is 0 Å². The largest absolute Gasteiger partial charge is 0.461 e. The maximum Gasteiger partial charge on any atom is 0.309 e. The number of benzene rings is 3. The summed E-state index contributed by atoms with van der Waals surface area (Å²) in [6.45, 7) is 5.73. The minimum absolute atomic E-state index is 0.171. The van der Waals surface area contributed by atoms with Gasteiger partial charge >= 0.3 is 11.9 Å². The van der Waals surface area contributed by atoms with Crippen LogP contribution in [0.25, 0.3) is 11.1 Å². The second-order valence-electron chi connectivity index (χ2n) is 9.18. The van der Waals surface area contributed by atoms with Crippen LogP contribution in [0.5, 0.6) is 0 Å². The maximum absolute atomic E-state index is 12.9. The van der Waals surface area contributed by atoms with E-state index in [9.17, 15) is 9.59 Å². The lowest BCUT2D eigenvalue weighted by Gasteiger charge is -2.21. The number of carbonyl (C=O) groups excluding carboxylic acids is 2. The molecule has 0 saturated heterocycles. The fourth-order valence-electron chi connectivity index (χ4n) is 3.58. The molecule has 4 heteroatoms. The number of rotatable bonds is 9. The highest BCUT2D eigenvalue weighted by molar-refractivity contribution is 5.75. The quantitative estimate of drug-likeness (QED) is 0.360. The third kappa shape index (κ3) is 8.23. The SMILES string of the molecule is CC(C)(C)OC(=O)CCC(Cc1ccc(-c2ccccc2)cc1)C(=O)OCc1ccccc1. The highest BCUT2D eigenvalue weighted by Gasteiger charge is 2.24. The number of hydrogen-bond acceptors (Lipinski definition) is 4. The molecular weight excluding hydrogens is 412 g/mol. The van der Waals surface area contributed by atoms with Crippen LogP contribution in [0.15, 0.2) is 84.9 Å². The average Bonchev–Trinajstić information content (AvgIpc) is 2.81. The first-order chi connectivity index (χ1) is 15.8. The van der Waals surface area contributed by atoms with E-state index in [0.717, 1.165) is 22.3 Å². The van der Waals surface area contributed by atoms with Crippen LogP contribution >= 0.6 is 0 Å². The van der Waals surface area contributed by atoms with Gasteiger partial charge in [0.05, 0.1) is 5.92 Å². The Labute approximate surface area is 196 Å². The molecule has 0 fully saturated rings. The molecule has 1 unspecified atom stereocenters. The van der Waals surface area contributed by atoms with Crippen molar-refractivity contribution in [2.24, 2.45) is 5.92 Å². The predicted molar refractivity (Wildman–Crippen MR) is 130 cm³/mol. The van der Waals surface area contributed by atoms with Gasteiger partial charge in [0, 0.05) is 6.42 Å². The lowest BCUT2D eigenvalue weighted by atomic mass is 9.93. The lowest BCUT2D eigenvalue weighted by Crippen LogP contribution is -2.26. The summed E-state index contributed by atoms with van der Waals surface area (Å²) in [5.74, 6) is -1.03. The van der Waals surface area contributed by atoms with Gasteiger partial charge in [-0.3, -0.25) is 9.59 Å². The van der Waals surface area contributed by atoms with E-state index in [-0.39, 0.29) is 25.0 Å². The van der Waals surface area contributed by atoms with Crippen molar-refractivity contribution in [3.8, 4) is 11.1 Å². The van der Waals surface area contributed by atoms with E-state index in [1.165, 1.54) is 0 Å². The first-order valence-corrected chi connectivity index (χ1v) is 11.4. The van der Waals surface area contributed by atoms with Crippen molar-refractivity contribution in [1.82, 2.24) is 0 Å². The zero-order chi connectivity index (χ0) is 23.7. The molecule has 0 spiro atoms. The van der Waals surface area contributed by atoms with Gasteiger partial charge in [0.1, 0.15) is 12.2 Å². The number of hydrogen-bond donors (Lipinski definition) is 0. The molecule has 0 bridgehead atoms. The normalized spacial score (nSPS) is 12.1. The van der Waals surface area contributed by atoms with E-state index < -0.39 is 11.5 Å². The Morgan fingerprint density at radius 3 is 1.94 bits per heavy atom. The Morgan fingerprint density at radius 1 is 0.758 bits per heavy atom. The summed E-state index contributed by atoms with van der Waals surface area (Å²) in [5, 5.41) is 0. The molecule has 0 saturated carbocycles. The third-order valence-electron chi connectivity index (χ3n) is 5.22. The Balaban J connectivity index is 1.67. The summed E-state index contributed by atoms with van der Waals surface area (Å²) in [5.41, 5.74) is 3.68. The second-order valence-corrected chi connectivity index (χ2v) is 9.18. The molecule has 1 atom stereocenters. The minimum atomic E-state index is -0.548. The van der Waals surface area contributed by atoms with Crippen molar-refractivity contribution < 1.29 is 19.1 Å². The number of carbonyl (C=O) groups is 2. The van der Waals surface area contributed by atoms with Gasteiger partial charge in [0.15, 0.2) is 0 Å². The van der Waals surface area contributed by atoms with Crippen LogP contribution in [0.1, 0.15) is 44.7 Å². The molecule has 3 aromatic rings. The first kappa shape index (κ1) is 24.2. The van der Waals surface area contributed by atoms with Crippen LogP contribution in [0, 0.1) is 5.92 Å². The van der Waals surface area contributed by atoms with E-state index in [4.69, 9.17) is 9.47 Å². The van der Waals surface area contributed by atoms with Crippen molar-refractivity contribution in [2.75, 3.05) is 0 Å². The van der Waals surface area contributed by atoms with Gasteiger partial charge in [-0.05, 0) is 55.9 Å². The van der Waals surface area contributed by atoms with Gasteiger partial charge in [-0.25, -0.2) is 0 Å². The molecule has 0 amide bonds. The van der Waals surface area contributed by atoms with Gasteiger partial charge in [0.2, 0.25) is 0 Å². The zero-order valence-electron chi connectivity index (χ0n) is 19.6. The molecular formula is C29H32O4. The van der Waals surface area contributed by atoms with E-state index >= 15 is 0 Å². The first-order valence-electron chi connectivity index (χ1n) is 11.4. The van der Waals surface area contributed by atoms with Crippen molar-refractivity contribution in [2.45, 2.75) is 52.2 Å². The Bertz CT molecular complexity index is 1020. The molecule has 3 rings (SSSR count). The molecule has 33 heavy (non-hydrogen) atoms. The van der Waals surface area contributed by atoms with Gasteiger partial charge in [0.25, 0.3) is 0 Å². The van der Waals surface area contributed by atoms with Crippen molar-refractivity contribution in [3.05, 3.63) is 96.1 Å². The third-order valence-corrected chi connectivity index (χ3v) is 5.22. The monoisotopic (exact) mass is 444 g/mol. The summed E-state index contributed by atoms with van der Waals surface area (Å²) < 4.78 is 11.0. The topological polar surface area (TPSA) is 52.6 Å². The molecule has 0 N–H and O–H groups in total. The van der Waals surface area contributed by atoms with Gasteiger partial charge < -0.3 is 9.47 Å². The Kier molecular flexibility index (Phi) is 8.42. The smallest absolute Gasteiger partial charge is 0.309 e. The van der Waals surface area contributed by atoms with Crippen molar-refractivity contribution >= 4 is 11.9 Å². The van der Waals surface area contributed by atoms with Crippen LogP contribution in [0.4, 0.5) is 0 Å². The highest BCUT2D eigenvalue weighted by Crippen LogP contribution is 2.23. The fraction of sp³-hybridized carbons (Fsp3) is 0.310. The molecule has 0 aliphatic rings.